The largest absolute Gasteiger partial charge is 0.481 e. The van der Waals surface area contributed by atoms with Crippen molar-refractivity contribution in [1.82, 2.24) is 0 Å². The maximum atomic E-state index is 12.9. The molecule has 128 valence electrons. The molecular formula is C15H12Cl3NO4S. The van der Waals surface area contributed by atoms with E-state index in [0.717, 1.165) is 4.31 Å². The number of carboxylic acids is 1. The topological polar surface area (TPSA) is 74.7 Å². The summed E-state index contributed by atoms with van der Waals surface area (Å²) in [6.07, 6.45) is -0.408. The number of hydrogen-bond acceptors (Lipinski definition) is 3. The van der Waals surface area contributed by atoms with Gasteiger partial charge in [0, 0.05) is 11.6 Å². The van der Waals surface area contributed by atoms with Crippen LogP contribution in [0.4, 0.5) is 5.69 Å². The van der Waals surface area contributed by atoms with Crippen molar-refractivity contribution in [3.63, 3.8) is 0 Å². The minimum Gasteiger partial charge on any atom is -0.481 e. The van der Waals surface area contributed by atoms with Gasteiger partial charge in [-0.25, -0.2) is 8.42 Å². The van der Waals surface area contributed by atoms with E-state index in [2.05, 4.69) is 0 Å². The molecule has 0 fully saturated rings. The molecule has 2 rings (SSSR count). The van der Waals surface area contributed by atoms with Gasteiger partial charge in [-0.1, -0.05) is 40.9 Å². The molecule has 0 aromatic heterocycles. The lowest BCUT2D eigenvalue weighted by molar-refractivity contribution is -0.136. The highest BCUT2D eigenvalue weighted by Crippen LogP contribution is 2.37. The smallest absolute Gasteiger partial charge is 0.305 e. The number of carbonyl (C=O) groups is 1. The van der Waals surface area contributed by atoms with E-state index in [4.69, 9.17) is 39.9 Å². The minimum absolute atomic E-state index is 0.0389. The van der Waals surface area contributed by atoms with E-state index < -0.39 is 22.4 Å². The summed E-state index contributed by atoms with van der Waals surface area (Å²) in [5.74, 6) is -1.14. The van der Waals surface area contributed by atoms with Crippen molar-refractivity contribution >= 4 is 56.5 Å². The van der Waals surface area contributed by atoms with E-state index in [-0.39, 0.29) is 27.2 Å². The second-order valence-electron chi connectivity index (χ2n) is 4.75. The van der Waals surface area contributed by atoms with Crippen LogP contribution in [0.1, 0.15) is 6.42 Å². The molecule has 0 radical (unpaired) electrons. The summed E-state index contributed by atoms with van der Waals surface area (Å²) in [7, 11) is -4.07. The molecule has 2 aromatic carbocycles. The predicted octanol–water partition coefficient (Wildman–Crippen LogP) is 4.32. The van der Waals surface area contributed by atoms with Crippen molar-refractivity contribution in [2.75, 3.05) is 10.8 Å². The van der Waals surface area contributed by atoms with E-state index in [1.54, 1.807) is 6.07 Å². The molecule has 0 atom stereocenters. The van der Waals surface area contributed by atoms with Crippen LogP contribution in [0.15, 0.2) is 47.4 Å². The molecule has 9 heteroatoms. The molecule has 24 heavy (non-hydrogen) atoms. The molecule has 0 aliphatic rings. The molecule has 0 aliphatic heterocycles. The van der Waals surface area contributed by atoms with Crippen molar-refractivity contribution in [2.45, 2.75) is 11.3 Å². The van der Waals surface area contributed by atoms with Crippen LogP contribution >= 0.6 is 34.8 Å². The maximum absolute atomic E-state index is 12.9. The van der Waals surface area contributed by atoms with Crippen molar-refractivity contribution in [3.05, 3.63) is 57.5 Å². The van der Waals surface area contributed by atoms with Gasteiger partial charge >= 0.3 is 5.97 Å². The third-order valence-electron chi connectivity index (χ3n) is 3.12. The second-order valence-corrected chi connectivity index (χ2v) is 7.86. The summed E-state index contributed by atoms with van der Waals surface area (Å²) in [4.78, 5) is 10.9. The van der Waals surface area contributed by atoms with Crippen LogP contribution in [0.3, 0.4) is 0 Å². The number of carboxylic acid groups (broad SMARTS) is 1. The van der Waals surface area contributed by atoms with Gasteiger partial charge < -0.3 is 5.11 Å². The second kappa shape index (κ2) is 7.61. The fraction of sp³-hybridized carbons (Fsp3) is 0.133. The quantitative estimate of drug-likeness (QED) is 0.772. The van der Waals surface area contributed by atoms with Gasteiger partial charge in [0.1, 0.15) is 0 Å². The summed E-state index contributed by atoms with van der Waals surface area (Å²) < 4.78 is 26.8. The Morgan fingerprint density at radius 3 is 2.04 bits per heavy atom. The molecule has 2 aromatic rings. The fourth-order valence-electron chi connectivity index (χ4n) is 2.01. The number of hydrogen-bond donors (Lipinski definition) is 1. The van der Waals surface area contributed by atoms with Gasteiger partial charge in [-0.05, 0) is 36.4 Å². The normalized spacial score (nSPS) is 11.3. The summed E-state index contributed by atoms with van der Waals surface area (Å²) in [6, 6.07) is 10.0. The van der Waals surface area contributed by atoms with Gasteiger partial charge in [0.05, 0.1) is 27.0 Å². The number of halogens is 3. The van der Waals surface area contributed by atoms with Crippen LogP contribution in [0, 0.1) is 0 Å². The molecule has 0 amide bonds. The highest BCUT2D eigenvalue weighted by Gasteiger charge is 2.28. The van der Waals surface area contributed by atoms with Gasteiger partial charge in [0.15, 0.2) is 0 Å². The standard InChI is InChI=1S/C15H12Cl3NO4S/c16-10-4-6-11(7-5-10)24(22,23)19(9-8-14(20)21)15-12(17)2-1-3-13(15)18/h1-7H,8-9H2,(H,20,21). The Balaban J connectivity index is 2.57. The Hall–Kier alpha value is -1.47. The number of rotatable bonds is 6. The SMILES string of the molecule is O=C(O)CCN(c1c(Cl)cccc1Cl)S(=O)(=O)c1ccc(Cl)cc1. The molecule has 0 spiro atoms. The Morgan fingerprint density at radius 1 is 1.00 bits per heavy atom. The maximum Gasteiger partial charge on any atom is 0.305 e. The van der Waals surface area contributed by atoms with Crippen molar-refractivity contribution in [1.29, 1.82) is 0 Å². The van der Waals surface area contributed by atoms with Crippen LogP contribution in [0.2, 0.25) is 15.1 Å². The lowest BCUT2D eigenvalue weighted by Gasteiger charge is -2.25. The zero-order valence-electron chi connectivity index (χ0n) is 12.1. The first-order valence-electron chi connectivity index (χ1n) is 6.67. The predicted molar refractivity (Wildman–Crippen MR) is 94.7 cm³/mol. The molecule has 1 N–H and O–H groups in total. The summed E-state index contributed by atoms with van der Waals surface area (Å²) in [6.45, 7) is -0.316. The Kier molecular flexibility index (Phi) is 5.98. The molecule has 0 saturated carbocycles. The Labute approximate surface area is 154 Å². The van der Waals surface area contributed by atoms with Crippen molar-refractivity contribution < 1.29 is 18.3 Å². The monoisotopic (exact) mass is 407 g/mol. The van der Waals surface area contributed by atoms with E-state index in [0.29, 0.717) is 5.02 Å². The summed E-state index contributed by atoms with van der Waals surface area (Å²) in [5.41, 5.74) is 0.0389. The molecule has 5 nitrogen and oxygen atoms in total. The average Bonchev–Trinajstić information content (AvgIpc) is 2.50. The van der Waals surface area contributed by atoms with Gasteiger partial charge in [0.2, 0.25) is 0 Å². The Morgan fingerprint density at radius 2 is 1.54 bits per heavy atom. The molecule has 0 heterocycles. The van der Waals surface area contributed by atoms with E-state index in [1.165, 1.54) is 36.4 Å². The lowest BCUT2D eigenvalue weighted by Crippen LogP contribution is -2.33. The number of aliphatic carboxylic acids is 1. The third kappa shape index (κ3) is 4.13. The third-order valence-corrected chi connectivity index (χ3v) is 5.79. The molecule has 0 unspecified atom stereocenters. The van der Waals surface area contributed by atoms with E-state index >= 15 is 0 Å². The van der Waals surface area contributed by atoms with Gasteiger partial charge in [-0.3, -0.25) is 9.10 Å². The highest BCUT2D eigenvalue weighted by molar-refractivity contribution is 7.92. The van der Waals surface area contributed by atoms with Crippen molar-refractivity contribution in [3.8, 4) is 0 Å². The van der Waals surface area contributed by atoms with E-state index in [9.17, 15) is 13.2 Å². The fourth-order valence-corrected chi connectivity index (χ4v) is 4.34. The molecule has 0 aliphatic carbocycles. The first-order valence-corrected chi connectivity index (χ1v) is 9.25. The number of sulfonamides is 1. The lowest BCUT2D eigenvalue weighted by atomic mass is 10.3. The van der Waals surface area contributed by atoms with Crippen LogP contribution in [-0.2, 0) is 14.8 Å². The summed E-state index contributed by atoms with van der Waals surface area (Å²) >= 11 is 18.0. The van der Waals surface area contributed by atoms with Crippen LogP contribution < -0.4 is 4.31 Å². The van der Waals surface area contributed by atoms with Gasteiger partial charge in [-0.2, -0.15) is 0 Å². The minimum atomic E-state index is -4.07. The van der Waals surface area contributed by atoms with Gasteiger partial charge in [0.25, 0.3) is 10.0 Å². The highest BCUT2D eigenvalue weighted by atomic mass is 35.5. The summed E-state index contributed by atoms with van der Waals surface area (Å²) in [5, 5.41) is 9.50. The zero-order chi connectivity index (χ0) is 17.9. The van der Waals surface area contributed by atoms with Gasteiger partial charge in [-0.15, -0.1) is 0 Å². The first kappa shape index (κ1) is 18.9. The van der Waals surface area contributed by atoms with Crippen LogP contribution in [0.5, 0.6) is 0 Å². The number of anilines is 1. The van der Waals surface area contributed by atoms with Crippen LogP contribution in [-0.4, -0.2) is 26.0 Å². The first-order chi connectivity index (χ1) is 11.2. The molecular weight excluding hydrogens is 397 g/mol. The molecule has 0 bridgehead atoms. The van der Waals surface area contributed by atoms with E-state index in [1.807, 2.05) is 0 Å². The molecule has 0 saturated heterocycles. The number of nitrogens with zero attached hydrogens (tertiary/aromatic N) is 1. The number of benzene rings is 2. The van der Waals surface area contributed by atoms with Crippen molar-refractivity contribution in [2.24, 2.45) is 0 Å². The Bertz CT molecular complexity index is 833. The average molecular weight is 409 g/mol. The van der Waals surface area contributed by atoms with Crippen LogP contribution in [0.25, 0.3) is 0 Å². The zero-order valence-corrected chi connectivity index (χ0v) is 15.2. The number of para-hydroxylation sites is 1.